The van der Waals surface area contributed by atoms with Crippen molar-refractivity contribution in [2.45, 2.75) is 160 Å². The minimum absolute atomic E-state index is 0.0218. The first-order valence-corrected chi connectivity index (χ1v) is 24.3. The van der Waals surface area contributed by atoms with Crippen LogP contribution in [0.3, 0.4) is 0 Å². The smallest absolute Gasteiger partial charge is 0.408 e. The molecule has 2 heterocycles. The van der Waals surface area contributed by atoms with E-state index in [-0.39, 0.29) is 43.4 Å². The van der Waals surface area contributed by atoms with Crippen LogP contribution in [0.1, 0.15) is 114 Å². The minimum atomic E-state index is -0.943. The highest BCUT2D eigenvalue weighted by molar-refractivity contribution is 5.93. The highest BCUT2D eigenvalue weighted by Crippen LogP contribution is 2.41. The van der Waals surface area contributed by atoms with Crippen LogP contribution in [0.15, 0.2) is 121 Å². The van der Waals surface area contributed by atoms with Crippen LogP contribution in [0.2, 0.25) is 0 Å². The summed E-state index contributed by atoms with van der Waals surface area (Å²) in [6.45, 7) is 9.64. The number of rotatable bonds is 24. The summed E-state index contributed by atoms with van der Waals surface area (Å²) in [5, 5.41) is 5.59. The SMILES string of the molecule is CC[C@H]1O[C@@](C)(CCCCCCC[C@H](NC(=O)OCc2ccccc2)C(=O)N[C@@H](C)C(=O)N2CCC[C@H]2C(=O)OCc2ccccc2)[C@H](OCc2ccccc2)[C@@H](OCc2ccccc2)[C@H]1C. The third-order valence-electron chi connectivity index (χ3n) is 13.1. The topological polar surface area (TPSA) is 142 Å². The van der Waals surface area contributed by atoms with Crippen molar-refractivity contribution >= 4 is 23.9 Å². The van der Waals surface area contributed by atoms with E-state index in [4.69, 9.17) is 23.7 Å². The molecule has 0 bridgehead atoms. The van der Waals surface area contributed by atoms with E-state index < -0.39 is 41.7 Å². The van der Waals surface area contributed by atoms with E-state index in [1.165, 1.54) is 4.90 Å². The minimum Gasteiger partial charge on any atom is -0.459 e. The van der Waals surface area contributed by atoms with Crippen molar-refractivity contribution in [2.75, 3.05) is 6.54 Å². The number of ether oxygens (including phenoxy) is 5. The molecule has 3 amide bonds. The van der Waals surface area contributed by atoms with Gasteiger partial charge in [-0.3, -0.25) is 9.59 Å². The van der Waals surface area contributed by atoms with Gasteiger partial charge >= 0.3 is 12.1 Å². The van der Waals surface area contributed by atoms with Crippen molar-refractivity contribution in [1.29, 1.82) is 0 Å². The molecule has 4 aromatic carbocycles. The fourth-order valence-corrected chi connectivity index (χ4v) is 9.30. The average molecular weight is 918 g/mol. The number of hydrogen-bond donors (Lipinski definition) is 2. The van der Waals surface area contributed by atoms with Crippen molar-refractivity contribution in [2.24, 2.45) is 5.92 Å². The molecule has 2 saturated heterocycles. The molecular formula is C55H71N3O9. The summed E-state index contributed by atoms with van der Waals surface area (Å²) in [6, 6.07) is 36.5. The number of hydrogen-bond acceptors (Lipinski definition) is 9. The van der Waals surface area contributed by atoms with Crippen LogP contribution in [-0.4, -0.2) is 77.4 Å². The van der Waals surface area contributed by atoms with Crippen LogP contribution < -0.4 is 10.6 Å². The Balaban J connectivity index is 1.03. The standard InChI is InChI=1S/C55H71N3O9/c1-5-48-40(2)49(63-36-42-24-13-9-14-25-42)50(64-37-43-26-15-10-16-27-43)55(4,67-48)34-22-8-6-7-21-32-46(57-54(62)66-39-45-30-19-12-20-31-45)51(59)56-41(3)52(60)58-35-23-33-47(58)53(61)65-38-44-28-17-11-18-29-44/h9-20,24-31,40-41,46-50H,5-8,21-23,32-39H2,1-4H3,(H,56,59)(H,57,62)/t40-,41-,46-,47-,48+,49-,50+,55-/m0/s1. The molecule has 2 fully saturated rings. The maximum atomic E-state index is 13.9. The predicted molar refractivity (Wildman–Crippen MR) is 257 cm³/mol. The van der Waals surface area contributed by atoms with Crippen LogP contribution in [0.4, 0.5) is 4.79 Å². The molecule has 12 nitrogen and oxygen atoms in total. The van der Waals surface area contributed by atoms with Crippen LogP contribution >= 0.6 is 0 Å². The summed E-state index contributed by atoms with van der Waals surface area (Å²) in [5.74, 6) is -1.21. The maximum Gasteiger partial charge on any atom is 0.408 e. The first-order chi connectivity index (χ1) is 32.5. The summed E-state index contributed by atoms with van der Waals surface area (Å²) in [7, 11) is 0. The summed E-state index contributed by atoms with van der Waals surface area (Å²) in [6.07, 6.45) is 6.19. The van der Waals surface area contributed by atoms with Crippen molar-refractivity contribution < 1.29 is 42.9 Å². The predicted octanol–water partition coefficient (Wildman–Crippen LogP) is 9.63. The normalized spacial score (nSPS) is 22.3. The van der Waals surface area contributed by atoms with Gasteiger partial charge in [-0.25, -0.2) is 9.59 Å². The Hall–Kier alpha value is -5.56. The van der Waals surface area contributed by atoms with E-state index >= 15 is 0 Å². The fourth-order valence-electron chi connectivity index (χ4n) is 9.30. The van der Waals surface area contributed by atoms with Gasteiger partial charge in [0.2, 0.25) is 11.8 Å². The number of likely N-dealkylation sites (tertiary alicyclic amines) is 1. The molecule has 8 atom stereocenters. The lowest BCUT2D eigenvalue weighted by atomic mass is 9.78. The van der Waals surface area contributed by atoms with Crippen LogP contribution in [-0.2, 0) is 64.5 Å². The molecule has 0 aliphatic carbocycles. The summed E-state index contributed by atoms with van der Waals surface area (Å²) < 4.78 is 31.6. The van der Waals surface area contributed by atoms with E-state index in [9.17, 15) is 19.2 Å². The second kappa shape index (κ2) is 26.1. The Morgan fingerprint density at radius 2 is 1.22 bits per heavy atom. The van der Waals surface area contributed by atoms with E-state index in [1.807, 2.05) is 97.1 Å². The molecule has 12 heteroatoms. The van der Waals surface area contributed by atoms with E-state index in [0.29, 0.717) is 45.4 Å². The third kappa shape index (κ3) is 15.2. The molecule has 0 saturated carbocycles. The molecule has 360 valence electrons. The largest absolute Gasteiger partial charge is 0.459 e. The zero-order valence-corrected chi connectivity index (χ0v) is 39.8. The molecule has 0 radical (unpaired) electrons. The van der Waals surface area contributed by atoms with Crippen LogP contribution in [0.5, 0.6) is 0 Å². The number of alkyl carbamates (subject to hydrolysis) is 1. The van der Waals surface area contributed by atoms with Gasteiger partial charge in [-0.05, 0) is 68.2 Å². The van der Waals surface area contributed by atoms with Gasteiger partial charge < -0.3 is 39.2 Å². The molecule has 2 N–H and O–H groups in total. The molecule has 6 rings (SSSR count). The molecule has 67 heavy (non-hydrogen) atoms. The van der Waals surface area contributed by atoms with Crippen molar-refractivity contribution in [3.05, 3.63) is 144 Å². The van der Waals surface area contributed by atoms with Crippen molar-refractivity contribution in [3.63, 3.8) is 0 Å². The Bertz CT molecular complexity index is 2110. The third-order valence-corrected chi connectivity index (χ3v) is 13.1. The molecule has 4 aromatic rings. The highest BCUT2D eigenvalue weighted by Gasteiger charge is 2.51. The van der Waals surface area contributed by atoms with Gasteiger partial charge in [-0.2, -0.15) is 0 Å². The number of amides is 3. The first-order valence-electron chi connectivity index (χ1n) is 24.3. The molecule has 2 aliphatic heterocycles. The maximum absolute atomic E-state index is 13.9. The number of esters is 1. The number of carbonyl (C=O) groups excluding carboxylic acids is 4. The molecule has 0 unspecified atom stereocenters. The lowest BCUT2D eigenvalue weighted by Crippen LogP contribution is -2.61. The van der Waals surface area contributed by atoms with Gasteiger partial charge in [0.05, 0.1) is 31.0 Å². The number of nitrogens with zero attached hydrogens (tertiary/aromatic N) is 1. The Morgan fingerprint density at radius 3 is 1.81 bits per heavy atom. The Labute approximate surface area is 397 Å². The van der Waals surface area contributed by atoms with Gasteiger partial charge in [0.15, 0.2) is 0 Å². The second-order valence-corrected chi connectivity index (χ2v) is 18.3. The number of unbranched alkanes of at least 4 members (excludes halogenated alkanes) is 4. The van der Waals surface area contributed by atoms with Crippen LogP contribution in [0, 0.1) is 5.92 Å². The van der Waals surface area contributed by atoms with E-state index in [2.05, 4.69) is 55.7 Å². The van der Waals surface area contributed by atoms with Crippen LogP contribution in [0.25, 0.3) is 0 Å². The number of nitrogens with one attached hydrogen (secondary N) is 2. The second-order valence-electron chi connectivity index (χ2n) is 18.3. The van der Waals surface area contributed by atoms with Crippen molar-refractivity contribution in [3.8, 4) is 0 Å². The Morgan fingerprint density at radius 1 is 0.701 bits per heavy atom. The Kier molecular flexibility index (Phi) is 19.8. The zero-order valence-electron chi connectivity index (χ0n) is 39.8. The number of benzene rings is 4. The monoisotopic (exact) mass is 918 g/mol. The average Bonchev–Trinajstić information content (AvgIpc) is 3.85. The summed E-state index contributed by atoms with van der Waals surface area (Å²) >= 11 is 0. The lowest BCUT2D eigenvalue weighted by molar-refractivity contribution is -0.273. The van der Waals surface area contributed by atoms with Gasteiger partial charge in [0, 0.05) is 12.5 Å². The molecule has 2 aliphatic rings. The zero-order chi connectivity index (χ0) is 47.4. The molecule has 0 aromatic heterocycles. The van der Waals surface area contributed by atoms with E-state index in [0.717, 1.165) is 60.8 Å². The summed E-state index contributed by atoms with van der Waals surface area (Å²) in [5.41, 5.74) is 3.31. The van der Waals surface area contributed by atoms with E-state index in [1.54, 1.807) is 6.92 Å². The highest BCUT2D eigenvalue weighted by atomic mass is 16.6. The summed E-state index contributed by atoms with van der Waals surface area (Å²) in [4.78, 5) is 55.3. The van der Waals surface area contributed by atoms with Gasteiger partial charge in [-0.15, -0.1) is 0 Å². The lowest BCUT2D eigenvalue weighted by Gasteiger charge is -2.51. The number of carbonyl (C=O) groups is 4. The fraction of sp³-hybridized carbons (Fsp3) is 0.491. The van der Waals surface area contributed by atoms with Gasteiger partial charge in [-0.1, -0.05) is 167 Å². The van der Waals surface area contributed by atoms with Crippen molar-refractivity contribution in [1.82, 2.24) is 15.5 Å². The first kappa shape index (κ1) is 50.8. The quantitative estimate of drug-likeness (QED) is 0.0519. The van der Waals surface area contributed by atoms with Gasteiger partial charge in [0.25, 0.3) is 0 Å². The molecule has 0 spiro atoms. The van der Waals surface area contributed by atoms with Gasteiger partial charge in [0.1, 0.15) is 37.4 Å². The molecular weight excluding hydrogens is 847 g/mol.